The van der Waals surface area contributed by atoms with Gasteiger partial charge in [0.05, 0.1) is 54.3 Å². The number of aliphatic hydroxyl groups is 2. The molecule has 0 amide bonds. The molecule has 380 valence electrons. The standard InChI is InChI=1S/C55H56Cl2N6O10/c1-31-38(29-72-50-17-48(70-27-36-13-35(19-58)20-59-21-36)41(15-45(50)56)24-62-52(33(3)64)54(66)68-5)9-7-11-43(31)44-12-8-10-39(32(44)2)30-73-51-18-49(71-28-37-14-40(23-60-22-37)47-26-61-47)42(16-46(51)57)25-63-53(34(4)65)55(67)69-6/h7-18,20-23,33-34,52-53,62-65H,24-30H2,1-6H3/t33-,34-,52-,53-/m1/s1. The highest BCUT2D eigenvalue weighted by molar-refractivity contribution is 6.32. The van der Waals surface area contributed by atoms with Crippen LogP contribution in [0, 0.1) is 25.2 Å². The van der Waals surface area contributed by atoms with Crippen molar-refractivity contribution in [3.63, 3.8) is 0 Å². The third-order valence-electron chi connectivity index (χ3n) is 12.2. The van der Waals surface area contributed by atoms with E-state index < -0.39 is 36.2 Å². The first-order valence-corrected chi connectivity index (χ1v) is 24.1. The summed E-state index contributed by atoms with van der Waals surface area (Å²) in [6.07, 6.45) is 4.48. The second-order valence-electron chi connectivity index (χ2n) is 17.4. The number of pyridine rings is 2. The van der Waals surface area contributed by atoms with E-state index in [2.05, 4.69) is 43.8 Å². The van der Waals surface area contributed by atoms with E-state index >= 15 is 0 Å². The molecule has 73 heavy (non-hydrogen) atoms. The highest BCUT2D eigenvalue weighted by Gasteiger charge is 2.27. The molecule has 4 aromatic carbocycles. The van der Waals surface area contributed by atoms with Crippen molar-refractivity contribution >= 4 is 40.9 Å². The summed E-state index contributed by atoms with van der Waals surface area (Å²) in [5.74, 6) is 0.342. The number of hydrogen-bond acceptors (Lipinski definition) is 16. The number of nitrogens with zero attached hydrogens (tertiary/aromatic N) is 4. The quantitative estimate of drug-likeness (QED) is 0.0422. The number of carbonyl (C=O) groups is 2. The molecular formula is C55H56Cl2N6O10. The van der Waals surface area contributed by atoms with Gasteiger partial charge < -0.3 is 38.6 Å². The molecule has 0 saturated carbocycles. The summed E-state index contributed by atoms with van der Waals surface area (Å²) in [6, 6.07) is 22.6. The van der Waals surface area contributed by atoms with Crippen LogP contribution in [0.2, 0.25) is 10.0 Å². The number of aliphatic imine (C=N–C) groups is 1. The summed E-state index contributed by atoms with van der Waals surface area (Å²) in [5.41, 5.74) is 10.8. The van der Waals surface area contributed by atoms with Gasteiger partial charge in [-0.2, -0.15) is 5.26 Å². The van der Waals surface area contributed by atoms with Crippen LogP contribution >= 0.6 is 23.2 Å². The summed E-state index contributed by atoms with van der Waals surface area (Å²) < 4.78 is 35.2. The SMILES string of the molecule is COC(=O)[C@H](NCc1cc(Cl)c(OCc2cccc(-c3cccc(COc4cc(OCc5cncc(C6=NC6)c5)c(CN[C@@H](C(=O)OC)[C@@H](C)O)cc4Cl)c3C)c2C)cc1OCc1cncc(C#N)c1)[C@@H](C)O. The van der Waals surface area contributed by atoms with Crippen LogP contribution in [0.15, 0.2) is 103 Å². The number of nitrogens with one attached hydrogen (secondary N) is 2. The Balaban J connectivity index is 1.09. The number of benzene rings is 4. The number of esters is 2. The molecule has 0 bridgehead atoms. The van der Waals surface area contributed by atoms with Gasteiger partial charge in [-0.05, 0) is 85.3 Å². The van der Waals surface area contributed by atoms with Crippen molar-refractivity contribution < 1.29 is 48.2 Å². The first kappa shape index (κ1) is 53.7. The van der Waals surface area contributed by atoms with Crippen LogP contribution < -0.4 is 29.6 Å². The van der Waals surface area contributed by atoms with Gasteiger partial charge in [0.25, 0.3) is 0 Å². The number of rotatable bonds is 24. The molecule has 6 aromatic rings. The van der Waals surface area contributed by atoms with Crippen molar-refractivity contribution in [2.45, 2.75) is 91.5 Å². The summed E-state index contributed by atoms with van der Waals surface area (Å²) in [4.78, 5) is 37.6. The Morgan fingerprint density at radius 1 is 0.644 bits per heavy atom. The Morgan fingerprint density at radius 3 is 1.53 bits per heavy atom. The van der Waals surface area contributed by atoms with Crippen molar-refractivity contribution in [1.82, 2.24) is 20.6 Å². The number of carbonyl (C=O) groups excluding carboxylic acids is 2. The third kappa shape index (κ3) is 13.9. The molecule has 3 heterocycles. The molecule has 0 fully saturated rings. The second-order valence-corrected chi connectivity index (χ2v) is 18.2. The van der Waals surface area contributed by atoms with Crippen molar-refractivity contribution in [1.29, 1.82) is 5.26 Å². The minimum absolute atomic E-state index is 0.0704. The van der Waals surface area contributed by atoms with Gasteiger partial charge in [-0.25, -0.2) is 0 Å². The predicted molar refractivity (Wildman–Crippen MR) is 275 cm³/mol. The normalized spacial score (nSPS) is 13.4. The highest BCUT2D eigenvalue weighted by atomic mass is 35.5. The highest BCUT2D eigenvalue weighted by Crippen LogP contribution is 2.38. The van der Waals surface area contributed by atoms with Gasteiger partial charge >= 0.3 is 11.9 Å². The average molecular weight is 1030 g/mol. The van der Waals surface area contributed by atoms with Crippen LogP contribution in [0.5, 0.6) is 23.0 Å². The fourth-order valence-electron chi connectivity index (χ4n) is 7.98. The zero-order valence-electron chi connectivity index (χ0n) is 41.2. The van der Waals surface area contributed by atoms with Gasteiger partial charge in [-0.15, -0.1) is 0 Å². The molecule has 0 saturated heterocycles. The van der Waals surface area contributed by atoms with E-state index in [-0.39, 0.29) is 39.5 Å². The average Bonchev–Trinajstić information content (AvgIpc) is 4.24. The van der Waals surface area contributed by atoms with E-state index in [1.165, 1.54) is 34.3 Å². The number of nitriles is 1. The van der Waals surface area contributed by atoms with Crippen LogP contribution in [-0.2, 0) is 58.6 Å². The van der Waals surface area contributed by atoms with E-state index in [0.29, 0.717) is 61.8 Å². The van der Waals surface area contributed by atoms with Crippen molar-refractivity contribution in [3.8, 4) is 40.2 Å². The summed E-state index contributed by atoms with van der Waals surface area (Å²) in [7, 11) is 2.51. The molecule has 4 N–H and O–H groups in total. The maximum atomic E-state index is 12.5. The monoisotopic (exact) mass is 1030 g/mol. The van der Waals surface area contributed by atoms with Crippen LogP contribution in [0.1, 0.15) is 69.5 Å². The molecule has 16 nitrogen and oxygen atoms in total. The smallest absolute Gasteiger partial charge is 0.325 e. The lowest BCUT2D eigenvalue weighted by molar-refractivity contribution is -0.146. The van der Waals surface area contributed by atoms with E-state index in [1.807, 2.05) is 44.2 Å². The van der Waals surface area contributed by atoms with Gasteiger partial charge in [0.1, 0.15) is 67.6 Å². The van der Waals surface area contributed by atoms with Gasteiger partial charge in [0, 0.05) is 77.8 Å². The molecule has 7 rings (SSSR count). The summed E-state index contributed by atoms with van der Waals surface area (Å²) in [6.45, 7) is 8.54. The molecule has 0 radical (unpaired) electrons. The maximum Gasteiger partial charge on any atom is 0.325 e. The van der Waals surface area contributed by atoms with Gasteiger partial charge in [0.2, 0.25) is 0 Å². The molecule has 0 aliphatic carbocycles. The number of ether oxygens (including phenoxy) is 6. The van der Waals surface area contributed by atoms with Crippen LogP contribution in [-0.4, -0.2) is 82.9 Å². The molecule has 1 aliphatic heterocycles. The number of halogens is 2. The lowest BCUT2D eigenvalue weighted by Crippen LogP contribution is -2.45. The van der Waals surface area contributed by atoms with E-state index in [9.17, 15) is 25.1 Å². The van der Waals surface area contributed by atoms with Crippen LogP contribution in [0.25, 0.3) is 11.1 Å². The number of hydrogen-bond donors (Lipinski definition) is 4. The third-order valence-corrected chi connectivity index (χ3v) is 12.8. The minimum atomic E-state index is -1.05. The zero-order chi connectivity index (χ0) is 52.2. The van der Waals surface area contributed by atoms with E-state index in [1.54, 1.807) is 48.9 Å². The fourth-order valence-corrected chi connectivity index (χ4v) is 8.47. The zero-order valence-corrected chi connectivity index (χ0v) is 42.7. The Bertz CT molecular complexity index is 3030. The fraction of sp³-hybridized carbons (Fsp3) is 0.309. The minimum Gasteiger partial charge on any atom is -0.488 e. The Labute approximate surface area is 433 Å². The van der Waals surface area contributed by atoms with Gasteiger partial charge in [0.15, 0.2) is 0 Å². The molecule has 18 heteroatoms. The molecule has 4 atom stereocenters. The largest absolute Gasteiger partial charge is 0.488 e. The van der Waals surface area contributed by atoms with Crippen molar-refractivity contribution in [2.75, 3.05) is 20.8 Å². The van der Waals surface area contributed by atoms with Crippen LogP contribution in [0.4, 0.5) is 0 Å². The molecule has 1 aliphatic rings. The van der Waals surface area contributed by atoms with Crippen molar-refractivity contribution in [2.24, 2.45) is 4.99 Å². The predicted octanol–water partition coefficient (Wildman–Crippen LogP) is 8.08. The Morgan fingerprint density at radius 2 is 1.10 bits per heavy atom. The number of aromatic nitrogens is 2. The Hall–Kier alpha value is -7.10. The van der Waals surface area contributed by atoms with Crippen molar-refractivity contribution in [3.05, 3.63) is 163 Å². The topological polar surface area (TPSA) is 216 Å². The molecular weight excluding hydrogens is 976 g/mol. The molecule has 0 spiro atoms. The first-order valence-electron chi connectivity index (χ1n) is 23.3. The van der Waals surface area contributed by atoms with Gasteiger partial charge in [-0.3, -0.25) is 35.2 Å². The number of methoxy groups -OCH3 is 2. The van der Waals surface area contributed by atoms with E-state index in [4.69, 9.17) is 51.6 Å². The lowest BCUT2D eigenvalue weighted by atomic mass is 9.92. The van der Waals surface area contributed by atoms with E-state index in [0.717, 1.165) is 50.2 Å². The van der Waals surface area contributed by atoms with Gasteiger partial charge in [-0.1, -0.05) is 59.6 Å². The van der Waals surface area contributed by atoms with Crippen LogP contribution in [0.3, 0.4) is 0 Å². The summed E-state index contributed by atoms with van der Waals surface area (Å²) >= 11 is 13.7. The molecule has 0 unspecified atom stereocenters. The Kier molecular flexibility index (Phi) is 18.4. The second kappa shape index (κ2) is 25.0. The lowest BCUT2D eigenvalue weighted by Gasteiger charge is -2.21. The maximum absolute atomic E-state index is 12.5. The molecule has 2 aromatic heterocycles. The summed E-state index contributed by atoms with van der Waals surface area (Å²) in [5, 5.41) is 36.7. The number of aliphatic hydroxyl groups excluding tert-OH is 2. The first-order chi connectivity index (χ1) is 35.2.